The zero-order valence-corrected chi connectivity index (χ0v) is 16.1. The lowest BCUT2D eigenvalue weighted by Gasteiger charge is -2.11. The quantitative estimate of drug-likeness (QED) is 0.402. The van der Waals surface area contributed by atoms with Gasteiger partial charge in [-0.2, -0.15) is 0 Å². The van der Waals surface area contributed by atoms with Crippen molar-refractivity contribution in [2.45, 2.75) is 27.4 Å². The van der Waals surface area contributed by atoms with Crippen LogP contribution in [0.5, 0.6) is 0 Å². The highest BCUT2D eigenvalue weighted by Gasteiger charge is 2.15. The molecule has 0 radical (unpaired) electrons. The highest BCUT2D eigenvalue weighted by atomic mass is 35.5. The highest BCUT2D eigenvalue weighted by Crippen LogP contribution is 2.28. The summed E-state index contributed by atoms with van der Waals surface area (Å²) in [5.74, 6) is -0.996. The number of rotatable bonds is 6. The fourth-order valence-electron chi connectivity index (χ4n) is 2.20. The molecule has 0 N–H and O–H groups in total. The van der Waals surface area contributed by atoms with E-state index >= 15 is 0 Å². The first kappa shape index (κ1) is 19.9. The normalized spacial score (nSPS) is 11.0. The van der Waals surface area contributed by atoms with Crippen LogP contribution in [0.3, 0.4) is 0 Å². The second-order valence-corrected chi connectivity index (χ2v) is 6.51. The number of aryl methyl sites for hydroxylation is 2. The minimum absolute atomic E-state index is 0.151. The summed E-state index contributed by atoms with van der Waals surface area (Å²) in [4.78, 5) is 18.6. The zero-order valence-electron chi connectivity index (χ0n) is 15.3. The van der Waals surface area contributed by atoms with Crippen LogP contribution in [0, 0.1) is 19.7 Å². The number of carbonyl (C=O) groups is 1. The Bertz CT molecular complexity index is 837. The predicted octanol–water partition coefficient (Wildman–Crippen LogP) is 5.06. The lowest BCUT2D eigenvalue weighted by molar-refractivity contribution is 0.0469. The Morgan fingerprint density at radius 1 is 1.31 bits per heavy atom. The van der Waals surface area contributed by atoms with Crippen molar-refractivity contribution in [3.63, 3.8) is 0 Å². The van der Waals surface area contributed by atoms with Crippen molar-refractivity contribution in [2.75, 3.05) is 13.6 Å². The standard InChI is InChI=1S/C20H22ClFN2O2/c1-5-24(4)12-23-19-10-17(21)16(9-14(19)3)20(25)26-11-15-7-6-13(2)8-18(15)22/h6-10,12H,5,11H2,1-4H3/b23-12+. The molecule has 2 rings (SSSR count). The molecule has 0 saturated heterocycles. The van der Waals surface area contributed by atoms with E-state index in [2.05, 4.69) is 4.99 Å². The third-order valence-electron chi connectivity index (χ3n) is 3.97. The van der Waals surface area contributed by atoms with Crippen molar-refractivity contribution >= 4 is 29.6 Å². The molecule has 6 heteroatoms. The van der Waals surface area contributed by atoms with E-state index in [1.165, 1.54) is 6.07 Å². The van der Waals surface area contributed by atoms with Crippen LogP contribution < -0.4 is 0 Å². The summed E-state index contributed by atoms with van der Waals surface area (Å²) in [6.45, 7) is 6.33. The molecule has 0 amide bonds. The van der Waals surface area contributed by atoms with Crippen molar-refractivity contribution in [2.24, 2.45) is 4.99 Å². The summed E-state index contributed by atoms with van der Waals surface area (Å²) in [7, 11) is 1.91. The van der Waals surface area contributed by atoms with E-state index in [1.807, 2.05) is 25.8 Å². The van der Waals surface area contributed by atoms with Crippen LogP contribution in [0.15, 0.2) is 35.3 Å². The van der Waals surface area contributed by atoms with E-state index in [0.29, 0.717) is 11.3 Å². The maximum Gasteiger partial charge on any atom is 0.339 e. The van der Waals surface area contributed by atoms with Crippen LogP contribution >= 0.6 is 11.6 Å². The maximum atomic E-state index is 13.8. The van der Waals surface area contributed by atoms with Crippen LogP contribution in [-0.2, 0) is 11.3 Å². The zero-order chi connectivity index (χ0) is 19.3. The van der Waals surface area contributed by atoms with Gasteiger partial charge in [0.05, 0.1) is 22.6 Å². The molecule has 0 aliphatic carbocycles. The van der Waals surface area contributed by atoms with Gasteiger partial charge in [-0.05, 0) is 50.1 Å². The molecule has 4 nitrogen and oxygen atoms in total. The Balaban J connectivity index is 2.13. The molecule has 138 valence electrons. The summed E-state index contributed by atoms with van der Waals surface area (Å²) in [6.07, 6.45) is 1.71. The van der Waals surface area contributed by atoms with Gasteiger partial charge in [-0.25, -0.2) is 14.2 Å². The Kier molecular flexibility index (Phi) is 6.75. The third kappa shape index (κ3) is 5.05. The second-order valence-electron chi connectivity index (χ2n) is 6.11. The van der Waals surface area contributed by atoms with Crippen molar-refractivity contribution in [3.05, 3.63) is 63.4 Å². The molecule has 0 aromatic heterocycles. The number of halogens is 2. The molecular formula is C20H22ClFN2O2. The number of hydrogen-bond acceptors (Lipinski definition) is 3. The molecule has 0 spiro atoms. The summed E-state index contributed by atoms with van der Waals surface area (Å²) in [5, 5.41) is 0.247. The number of nitrogens with zero attached hydrogens (tertiary/aromatic N) is 2. The molecule has 0 unspecified atom stereocenters. The van der Waals surface area contributed by atoms with E-state index in [-0.39, 0.29) is 17.2 Å². The second kappa shape index (κ2) is 8.81. The largest absolute Gasteiger partial charge is 0.457 e. The van der Waals surface area contributed by atoms with Crippen LogP contribution in [0.2, 0.25) is 5.02 Å². The van der Waals surface area contributed by atoms with E-state index in [0.717, 1.165) is 17.7 Å². The average molecular weight is 377 g/mol. The van der Waals surface area contributed by atoms with Gasteiger partial charge < -0.3 is 9.64 Å². The SMILES string of the molecule is CCN(C)/C=N/c1cc(Cl)c(C(=O)OCc2ccc(C)cc2F)cc1C. The van der Waals surface area contributed by atoms with Gasteiger partial charge in [-0.1, -0.05) is 23.7 Å². The molecule has 0 fully saturated rings. The van der Waals surface area contributed by atoms with Crippen molar-refractivity contribution in [3.8, 4) is 0 Å². The molecule has 2 aromatic rings. The number of esters is 1. The van der Waals surface area contributed by atoms with Gasteiger partial charge in [0.25, 0.3) is 0 Å². The summed E-state index contributed by atoms with van der Waals surface area (Å²) < 4.78 is 19.1. The molecular weight excluding hydrogens is 355 g/mol. The lowest BCUT2D eigenvalue weighted by Crippen LogP contribution is -2.14. The third-order valence-corrected chi connectivity index (χ3v) is 4.28. The van der Waals surface area contributed by atoms with E-state index in [9.17, 15) is 9.18 Å². The smallest absolute Gasteiger partial charge is 0.339 e. The maximum absolute atomic E-state index is 13.8. The van der Waals surface area contributed by atoms with Gasteiger partial charge >= 0.3 is 5.97 Å². The first-order valence-corrected chi connectivity index (χ1v) is 8.66. The van der Waals surface area contributed by atoms with Gasteiger partial charge in [0.2, 0.25) is 0 Å². The predicted molar refractivity (Wildman–Crippen MR) is 103 cm³/mol. The Morgan fingerprint density at radius 3 is 2.69 bits per heavy atom. The van der Waals surface area contributed by atoms with Crippen molar-refractivity contribution in [1.82, 2.24) is 4.90 Å². The monoisotopic (exact) mass is 376 g/mol. The van der Waals surface area contributed by atoms with Gasteiger partial charge in [-0.15, -0.1) is 0 Å². The minimum Gasteiger partial charge on any atom is -0.457 e. The van der Waals surface area contributed by atoms with Gasteiger partial charge in [0.15, 0.2) is 0 Å². The van der Waals surface area contributed by atoms with Crippen molar-refractivity contribution < 1.29 is 13.9 Å². The van der Waals surface area contributed by atoms with E-state index in [1.54, 1.807) is 37.5 Å². The molecule has 0 bridgehead atoms. The molecule has 0 atom stereocenters. The molecule has 26 heavy (non-hydrogen) atoms. The van der Waals surface area contributed by atoms with E-state index in [4.69, 9.17) is 16.3 Å². The molecule has 2 aromatic carbocycles. The number of benzene rings is 2. The van der Waals surface area contributed by atoms with Gasteiger partial charge in [0, 0.05) is 19.2 Å². The number of carbonyl (C=O) groups excluding carboxylic acids is 1. The number of hydrogen-bond donors (Lipinski definition) is 0. The first-order chi connectivity index (χ1) is 12.3. The van der Waals surface area contributed by atoms with Crippen molar-refractivity contribution in [1.29, 1.82) is 0 Å². The van der Waals surface area contributed by atoms with Crippen LogP contribution in [0.1, 0.15) is 34.0 Å². The Morgan fingerprint density at radius 2 is 2.04 bits per heavy atom. The minimum atomic E-state index is -0.598. The Labute approximate surface area is 158 Å². The summed E-state index contributed by atoms with van der Waals surface area (Å²) in [5.41, 5.74) is 2.83. The average Bonchev–Trinajstić information content (AvgIpc) is 2.60. The lowest BCUT2D eigenvalue weighted by atomic mass is 10.1. The fourth-order valence-corrected chi connectivity index (χ4v) is 2.43. The van der Waals surface area contributed by atoms with Crippen LogP contribution in [0.4, 0.5) is 10.1 Å². The summed E-state index contributed by atoms with van der Waals surface area (Å²) >= 11 is 6.22. The van der Waals surface area contributed by atoms with Crippen LogP contribution in [0.25, 0.3) is 0 Å². The molecule has 0 aliphatic rings. The van der Waals surface area contributed by atoms with Crippen LogP contribution in [-0.4, -0.2) is 30.8 Å². The van der Waals surface area contributed by atoms with E-state index < -0.39 is 11.8 Å². The molecule has 0 saturated carbocycles. The highest BCUT2D eigenvalue weighted by molar-refractivity contribution is 6.33. The summed E-state index contributed by atoms with van der Waals surface area (Å²) in [6, 6.07) is 8.03. The fraction of sp³-hybridized carbons (Fsp3) is 0.300. The molecule has 0 aliphatic heterocycles. The number of aliphatic imine (C=N–C) groups is 1. The van der Waals surface area contributed by atoms with Gasteiger partial charge in [0.1, 0.15) is 12.4 Å². The molecule has 0 heterocycles. The number of ether oxygens (including phenoxy) is 1. The topological polar surface area (TPSA) is 41.9 Å². The first-order valence-electron chi connectivity index (χ1n) is 8.28. The Hall–Kier alpha value is -2.40. The van der Waals surface area contributed by atoms with Gasteiger partial charge in [-0.3, -0.25) is 0 Å².